The number of amides is 1. The van der Waals surface area contributed by atoms with E-state index >= 15 is 0 Å². The number of aliphatic hydroxyl groups excluding tert-OH is 2. The van der Waals surface area contributed by atoms with E-state index in [-0.39, 0.29) is 5.92 Å². The van der Waals surface area contributed by atoms with Crippen LogP contribution in [0.5, 0.6) is 0 Å². The lowest BCUT2D eigenvalue weighted by Gasteiger charge is -2.37. The van der Waals surface area contributed by atoms with E-state index in [0.29, 0.717) is 6.42 Å². The molecule has 0 spiro atoms. The van der Waals surface area contributed by atoms with Crippen molar-refractivity contribution in [3.05, 3.63) is 0 Å². The highest BCUT2D eigenvalue weighted by Crippen LogP contribution is 2.42. The van der Waals surface area contributed by atoms with Crippen molar-refractivity contribution < 1.29 is 33.3 Å². The molecule has 2 rings (SSSR count). The molecule has 0 bridgehead atoms. The first-order valence-electron chi connectivity index (χ1n) is 10.2. The summed E-state index contributed by atoms with van der Waals surface area (Å²) in [4.78, 5) is 14.3. The van der Waals surface area contributed by atoms with Gasteiger partial charge in [-0.1, -0.05) is 32.1 Å². The van der Waals surface area contributed by atoms with Gasteiger partial charge >= 0.3 is 6.09 Å². The van der Waals surface area contributed by atoms with Crippen molar-refractivity contribution in [1.82, 2.24) is 4.90 Å². The van der Waals surface area contributed by atoms with Crippen LogP contribution in [-0.4, -0.2) is 63.3 Å². The Morgan fingerprint density at radius 2 is 1.82 bits per heavy atom. The summed E-state index contributed by atoms with van der Waals surface area (Å²) < 4.78 is 39.5. The molecule has 28 heavy (non-hydrogen) atoms. The van der Waals surface area contributed by atoms with Gasteiger partial charge in [0.05, 0.1) is 6.04 Å². The van der Waals surface area contributed by atoms with Crippen LogP contribution in [0, 0.1) is 5.92 Å². The van der Waals surface area contributed by atoms with Gasteiger partial charge in [0.15, 0.2) is 0 Å². The average Bonchev–Trinajstić information content (AvgIpc) is 2.84. The molecule has 0 aromatic rings. The molecule has 0 aromatic heterocycles. The summed E-state index contributed by atoms with van der Waals surface area (Å²) in [6.45, 7) is 6.92. The Morgan fingerprint density at radius 1 is 1.25 bits per heavy atom. The van der Waals surface area contributed by atoms with Gasteiger partial charge in [0.2, 0.25) is 0 Å². The summed E-state index contributed by atoms with van der Waals surface area (Å²) in [6, 6.07) is -0.764. The van der Waals surface area contributed by atoms with E-state index in [9.17, 15) is 18.7 Å². The number of alkyl halides is 2. The molecule has 164 valence electrons. The van der Waals surface area contributed by atoms with Gasteiger partial charge in [-0.2, -0.15) is 0 Å². The van der Waals surface area contributed by atoms with E-state index in [1.54, 1.807) is 34.6 Å². The predicted molar refractivity (Wildman–Crippen MR) is 100 cm³/mol. The molecule has 2 aliphatic rings. The highest BCUT2D eigenvalue weighted by molar-refractivity contribution is 5.70. The molecular weight excluding hydrogens is 372 g/mol. The Hall–Kier alpha value is -0.990. The van der Waals surface area contributed by atoms with Crippen LogP contribution in [0.15, 0.2) is 0 Å². The first-order valence-corrected chi connectivity index (χ1v) is 10.2. The Labute approximate surface area is 166 Å². The van der Waals surface area contributed by atoms with Crippen molar-refractivity contribution in [1.29, 1.82) is 0 Å². The van der Waals surface area contributed by atoms with E-state index in [0.717, 1.165) is 32.1 Å². The minimum atomic E-state index is -3.73. The number of ether oxygens (including phenoxy) is 2. The second-order valence-corrected chi connectivity index (χ2v) is 9.55. The standard InChI is InChI=1S/C20H35F2NO5/c1-18(2,3)28-17(26)23-14(11-13-9-7-6-8-10-13)15(27-19(23,4)5)16(25)20(21,22)12-24/h13-16,24-25H,6-12H2,1-5H3/t14-,15+,16+/m0/s1. The monoisotopic (exact) mass is 407 g/mol. The number of rotatable bonds is 5. The lowest BCUT2D eigenvalue weighted by molar-refractivity contribution is -0.191. The van der Waals surface area contributed by atoms with Gasteiger partial charge in [0.1, 0.15) is 30.1 Å². The molecule has 1 saturated carbocycles. The van der Waals surface area contributed by atoms with Crippen LogP contribution in [0.25, 0.3) is 0 Å². The number of nitrogens with zero attached hydrogens (tertiary/aromatic N) is 1. The molecule has 0 aromatic carbocycles. The third-order valence-electron chi connectivity index (χ3n) is 5.56. The fourth-order valence-electron chi connectivity index (χ4n) is 4.29. The molecule has 0 unspecified atom stereocenters. The van der Waals surface area contributed by atoms with Gasteiger partial charge in [0.25, 0.3) is 5.92 Å². The Kier molecular flexibility index (Phi) is 6.99. The Bertz CT molecular complexity index is 543. The van der Waals surface area contributed by atoms with Crippen molar-refractivity contribution in [2.75, 3.05) is 6.61 Å². The van der Waals surface area contributed by atoms with Crippen molar-refractivity contribution in [2.24, 2.45) is 5.92 Å². The third kappa shape index (κ3) is 5.33. The normalized spacial score (nSPS) is 27.7. The van der Waals surface area contributed by atoms with Crippen LogP contribution in [0.4, 0.5) is 13.6 Å². The summed E-state index contributed by atoms with van der Waals surface area (Å²) in [5, 5.41) is 19.3. The van der Waals surface area contributed by atoms with E-state index in [1.165, 1.54) is 4.90 Å². The van der Waals surface area contributed by atoms with Crippen molar-refractivity contribution in [3.63, 3.8) is 0 Å². The first-order chi connectivity index (χ1) is 12.8. The first kappa shape index (κ1) is 23.3. The summed E-state index contributed by atoms with van der Waals surface area (Å²) in [5.41, 5.74) is -1.98. The number of hydrogen-bond acceptors (Lipinski definition) is 5. The minimum absolute atomic E-state index is 0.263. The van der Waals surface area contributed by atoms with E-state index in [4.69, 9.17) is 14.6 Å². The van der Waals surface area contributed by atoms with Gasteiger partial charge in [-0.25, -0.2) is 13.6 Å². The van der Waals surface area contributed by atoms with Gasteiger partial charge in [0, 0.05) is 0 Å². The maximum Gasteiger partial charge on any atom is 0.412 e. The van der Waals surface area contributed by atoms with Gasteiger partial charge in [-0.3, -0.25) is 4.90 Å². The molecule has 2 fully saturated rings. The summed E-state index contributed by atoms with van der Waals surface area (Å²) in [5.74, 6) is -3.46. The lowest BCUT2D eigenvalue weighted by atomic mass is 9.82. The molecule has 3 atom stereocenters. The second-order valence-electron chi connectivity index (χ2n) is 9.55. The van der Waals surface area contributed by atoms with Crippen molar-refractivity contribution >= 4 is 6.09 Å². The topological polar surface area (TPSA) is 79.2 Å². The largest absolute Gasteiger partial charge is 0.444 e. The minimum Gasteiger partial charge on any atom is -0.444 e. The highest BCUT2D eigenvalue weighted by Gasteiger charge is 2.58. The molecule has 6 nitrogen and oxygen atoms in total. The SMILES string of the molecule is CC(C)(C)OC(=O)N1[C@@H](CC2CCCCC2)[C@H]([C@@H](O)C(F)(F)CO)OC1(C)C. The lowest BCUT2D eigenvalue weighted by Crippen LogP contribution is -2.54. The fourth-order valence-corrected chi connectivity index (χ4v) is 4.29. The smallest absolute Gasteiger partial charge is 0.412 e. The molecule has 8 heteroatoms. The number of aliphatic hydroxyl groups is 2. The van der Waals surface area contributed by atoms with Crippen LogP contribution < -0.4 is 0 Å². The maximum absolute atomic E-state index is 14.1. The molecule has 1 amide bonds. The van der Waals surface area contributed by atoms with Gasteiger partial charge in [-0.05, 0) is 47.0 Å². The van der Waals surface area contributed by atoms with E-state index in [1.807, 2.05) is 0 Å². The Morgan fingerprint density at radius 3 is 2.32 bits per heavy atom. The maximum atomic E-state index is 14.1. The molecular formula is C20H35F2NO5. The molecule has 0 radical (unpaired) electrons. The third-order valence-corrected chi connectivity index (χ3v) is 5.56. The number of hydrogen-bond donors (Lipinski definition) is 2. The van der Waals surface area contributed by atoms with Crippen molar-refractivity contribution in [2.45, 2.75) is 109 Å². The number of halogens is 2. The van der Waals surface area contributed by atoms with Crippen LogP contribution in [0.3, 0.4) is 0 Å². The second kappa shape index (κ2) is 8.40. The van der Waals surface area contributed by atoms with E-state index in [2.05, 4.69) is 0 Å². The zero-order valence-corrected chi connectivity index (χ0v) is 17.6. The van der Waals surface area contributed by atoms with Crippen LogP contribution in [0.1, 0.15) is 73.1 Å². The van der Waals surface area contributed by atoms with Crippen LogP contribution >= 0.6 is 0 Å². The average molecular weight is 407 g/mol. The Balaban J connectivity index is 2.34. The number of carbonyl (C=O) groups is 1. The molecule has 1 aliphatic carbocycles. The predicted octanol–water partition coefficient (Wildman–Crippen LogP) is 3.69. The van der Waals surface area contributed by atoms with E-state index < -0.39 is 48.2 Å². The van der Waals surface area contributed by atoms with Crippen LogP contribution in [-0.2, 0) is 9.47 Å². The molecule has 1 aliphatic heterocycles. The number of carbonyl (C=O) groups excluding carboxylic acids is 1. The van der Waals surface area contributed by atoms with Gasteiger partial charge in [-0.15, -0.1) is 0 Å². The highest BCUT2D eigenvalue weighted by atomic mass is 19.3. The summed E-state index contributed by atoms with van der Waals surface area (Å²) in [6.07, 6.45) is 1.45. The molecule has 1 saturated heterocycles. The summed E-state index contributed by atoms with van der Waals surface area (Å²) in [7, 11) is 0. The van der Waals surface area contributed by atoms with Gasteiger partial charge < -0.3 is 19.7 Å². The molecule has 2 N–H and O–H groups in total. The quantitative estimate of drug-likeness (QED) is 0.727. The summed E-state index contributed by atoms with van der Waals surface area (Å²) >= 11 is 0. The zero-order valence-electron chi connectivity index (χ0n) is 17.6. The van der Waals surface area contributed by atoms with Crippen LogP contribution in [0.2, 0.25) is 0 Å². The zero-order chi connectivity index (χ0) is 21.3. The molecule has 1 heterocycles. The fraction of sp³-hybridized carbons (Fsp3) is 0.950. The van der Waals surface area contributed by atoms with Crippen molar-refractivity contribution in [3.8, 4) is 0 Å².